The number of ether oxygens (including phenoxy) is 1. The third kappa shape index (κ3) is 3.47. The van der Waals surface area contributed by atoms with Crippen molar-refractivity contribution in [2.75, 3.05) is 11.1 Å². The molecule has 0 aliphatic carbocycles. The first kappa shape index (κ1) is 14.6. The molecule has 1 heterocycles. The topological polar surface area (TPSA) is 77.2 Å². The summed E-state index contributed by atoms with van der Waals surface area (Å²) in [5.74, 6) is 0.907. The summed E-state index contributed by atoms with van der Waals surface area (Å²) in [6.45, 7) is 0. The highest BCUT2D eigenvalue weighted by Crippen LogP contribution is 2.29. The van der Waals surface area contributed by atoms with Crippen LogP contribution in [0, 0.1) is 0 Å². The molecule has 114 valence electrons. The van der Waals surface area contributed by atoms with Crippen LogP contribution in [0.15, 0.2) is 73.1 Å². The van der Waals surface area contributed by atoms with Gasteiger partial charge in [-0.3, -0.25) is 9.78 Å². The molecule has 5 nitrogen and oxygen atoms in total. The zero-order valence-corrected chi connectivity index (χ0v) is 12.3. The number of rotatable bonds is 4. The lowest BCUT2D eigenvalue weighted by Gasteiger charge is -2.12. The van der Waals surface area contributed by atoms with Gasteiger partial charge in [0.15, 0.2) is 5.75 Å². The van der Waals surface area contributed by atoms with Gasteiger partial charge in [-0.1, -0.05) is 30.3 Å². The van der Waals surface area contributed by atoms with Crippen LogP contribution in [0.5, 0.6) is 11.5 Å². The number of anilines is 2. The Labute approximate surface area is 133 Å². The Morgan fingerprint density at radius 2 is 1.74 bits per heavy atom. The third-order valence-electron chi connectivity index (χ3n) is 3.21. The number of nitrogens with one attached hydrogen (secondary N) is 1. The predicted molar refractivity (Wildman–Crippen MR) is 89.6 cm³/mol. The number of amides is 1. The number of benzene rings is 2. The standard InChI is InChI=1S/C18H15N3O2/c19-15-10-11-20-12-14(15)18(22)21-16-8-4-5-9-17(16)23-13-6-2-1-3-7-13/h1-12H,(H2,19,20)(H,21,22). The molecular weight excluding hydrogens is 290 g/mol. The number of carbonyl (C=O) groups is 1. The Balaban J connectivity index is 1.84. The molecule has 1 aromatic heterocycles. The van der Waals surface area contributed by atoms with Crippen LogP contribution in [-0.4, -0.2) is 10.9 Å². The molecule has 0 spiro atoms. The number of nitrogens with two attached hydrogens (primary N) is 1. The van der Waals surface area contributed by atoms with Crippen LogP contribution in [0.2, 0.25) is 0 Å². The monoisotopic (exact) mass is 305 g/mol. The van der Waals surface area contributed by atoms with E-state index in [1.165, 1.54) is 6.20 Å². The highest BCUT2D eigenvalue weighted by molar-refractivity contribution is 6.08. The molecule has 0 aliphatic rings. The Hall–Kier alpha value is -3.34. The lowest BCUT2D eigenvalue weighted by Crippen LogP contribution is -2.14. The van der Waals surface area contributed by atoms with Gasteiger partial charge in [-0.2, -0.15) is 0 Å². The largest absolute Gasteiger partial charge is 0.455 e. The van der Waals surface area contributed by atoms with E-state index in [2.05, 4.69) is 10.3 Å². The summed E-state index contributed by atoms with van der Waals surface area (Å²) in [5, 5.41) is 2.80. The molecule has 0 radical (unpaired) electrons. The molecule has 2 aromatic carbocycles. The van der Waals surface area contributed by atoms with Gasteiger partial charge < -0.3 is 15.8 Å². The summed E-state index contributed by atoms with van der Waals surface area (Å²) >= 11 is 0. The smallest absolute Gasteiger partial charge is 0.259 e. The van der Waals surface area contributed by atoms with Gasteiger partial charge in [0, 0.05) is 18.1 Å². The highest BCUT2D eigenvalue weighted by atomic mass is 16.5. The molecule has 0 fully saturated rings. The molecule has 23 heavy (non-hydrogen) atoms. The van der Waals surface area contributed by atoms with Gasteiger partial charge in [-0.25, -0.2) is 0 Å². The van der Waals surface area contributed by atoms with Gasteiger partial charge in [0.1, 0.15) is 5.75 Å². The summed E-state index contributed by atoms with van der Waals surface area (Å²) in [5.41, 5.74) is 7.06. The number of nitrogens with zero attached hydrogens (tertiary/aromatic N) is 1. The maximum atomic E-state index is 12.4. The van der Waals surface area contributed by atoms with Crippen LogP contribution < -0.4 is 15.8 Å². The van der Waals surface area contributed by atoms with Crippen molar-refractivity contribution in [1.82, 2.24) is 4.98 Å². The van der Waals surface area contributed by atoms with E-state index < -0.39 is 0 Å². The molecule has 0 unspecified atom stereocenters. The van der Waals surface area contributed by atoms with Gasteiger partial charge >= 0.3 is 0 Å². The average Bonchev–Trinajstić information content (AvgIpc) is 2.58. The Morgan fingerprint density at radius 3 is 2.52 bits per heavy atom. The van der Waals surface area contributed by atoms with E-state index in [4.69, 9.17) is 10.5 Å². The molecule has 3 rings (SSSR count). The van der Waals surface area contributed by atoms with Crippen molar-refractivity contribution in [3.05, 3.63) is 78.6 Å². The van der Waals surface area contributed by atoms with Crippen molar-refractivity contribution in [2.45, 2.75) is 0 Å². The summed E-state index contributed by atoms with van der Waals surface area (Å²) in [7, 11) is 0. The van der Waals surface area contributed by atoms with E-state index in [0.717, 1.165) is 0 Å². The van der Waals surface area contributed by atoms with Crippen LogP contribution in [0.1, 0.15) is 10.4 Å². The van der Waals surface area contributed by atoms with Crippen LogP contribution in [-0.2, 0) is 0 Å². The Morgan fingerprint density at radius 1 is 1.00 bits per heavy atom. The zero-order chi connectivity index (χ0) is 16.1. The van der Waals surface area contributed by atoms with Gasteiger partial charge in [0.05, 0.1) is 11.3 Å². The number of hydrogen-bond donors (Lipinski definition) is 2. The molecule has 1 amide bonds. The minimum Gasteiger partial charge on any atom is -0.455 e. The minimum atomic E-state index is -0.334. The Kier molecular flexibility index (Phi) is 4.20. The first-order chi connectivity index (χ1) is 11.2. The number of para-hydroxylation sites is 3. The average molecular weight is 305 g/mol. The summed E-state index contributed by atoms with van der Waals surface area (Å²) in [6.07, 6.45) is 2.98. The van der Waals surface area contributed by atoms with Gasteiger partial charge in [-0.05, 0) is 30.3 Å². The maximum absolute atomic E-state index is 12.4. The lowest BCUT2D eigenvalue weighted by atomic mass is 10.2. The fourth-order valence-electron chi connectivity index (χ4n) is 2.06. The molecule has 0 saturated carbocycles. The maximum Gasteiger partial charge on any atom is 0.259 e. The molecule has 5 heteroatoms. The van der Waals surface area contributed by atoms with Crippen LogP contribution >= 0.6 is 0 Å². The second-order valence-electron chi connectivity index (χ2n) is 4.83. The van der Waals surface area contributed by atoms with Crippen molar-refractivity contribution in [1.29, 1.82) is 0 Å². The molecular formula is C18H15N3O2. The van der Waals surface area contributed by atoms with E-state index in [1.807, 2.05) is 42.5 Å². The van der Waals surface area contributed by atoms with E-state index in [9.17, 15) is 4.79 Å². The first-order valence-corrected chi connectivity index (χ1v) is 7.07. The molecule has 0 bridgehead atoms. The van der Waals surface area contributed by atoms with E-state index >= 15 is 0 Å². The lowest BCUT2D eigenvalue weighted by molar-refractivity contribution is 0.102. The van der Waals surface area contributed by atoms with Gasteiger partial charge in [0.2, 0.25) is 0 Å². The highest BCUT2D eigenvalue weighted by Gasteiger charge is 2.12. The number of pyridine rings is 1. The molecule has 3 aromatic rings. The predicted octanol–water partition coefficient (Wildman–Crippen LogP) is 3.71. The quantitative estimate of drug-likeness (QED) is 0.770. The summed E-state index contributed by atoms with van der Waals surface area (Å²) in [4.78, 5) is 16.3. The fourth-order valence-corrected chi connectivity index (χ4v) is 2.06. The summed E-state index contributed by atoms with van der Waals surface area (Å²) in [6, 6.07) is 18.2. The minimum absolute atomic E-state index is 0.321. The molecule has 3 N–H and O–H groups in total. The second-order valence-corrected chi connectivity index (χ2v) is 4.83. The Bertz CT molecular complexity index is 819. The van der Waals surface area contributed by atoms with Crippen LogP contribution in [0.4, 0.5) is 11.4 Å². The van der Waals surface area contributed by atoms with Crippen molar-refractivity contribution < 1.29 is 9.53 Å². The second kappa shape index (κ2) is 6.62. The first-order valence-electron chi connectivity index (χ1n) is 7.07. The van der Waals surface area contributed by atoms with Crippen molar-refractivity contribution >= 4 is 17.3 Å². The van der Waals surface area contributed by atoms with Gasteiger partial charge in [0.25, 0.3) is 5.91 Å². The summed E-state index contributed by atoms with van der Waals surface area (Å²) < 4.78 is 5.81. The molecule has 0 atom stereocenters. The number of hydrogen-bond acceptors (Lipinski definition) is 4. The number of nitrogen functional groups attached to an aromatic ring is 1. The number of carbonyl (C=O) groups excluding carboxylic acids is 1. The molecule has 0 saturated heterocycles. The fraction of sp³-hybridized carbons (Fsp3) is 0. The van der Waals surface area contributed by atoms with Crippen LogP contribution in [0.3, 0.4) is 0 Å². The van der Waals surface area contributed by atoms with E-state index in [1.54, 1.807) is 24.4 Å². The van der Waals surface area contributed by atoms with Gasteiger partial charge in [-0.15, -0.1) is 0 Å². The molecule has 0 aliphatic heterocycles. The van der Waals surface area contributed by atoms with Crippen LogP contribution in [0.25, 0.3) is 0 Å². The van der Waals surface area contributed by atoms with E-state index in [-0.39, 0.29) is 5.91 Å². The van der Waals surface area contributed by atoms with Crippen molar-refractivity contribution in [3.63, 3.8) is 0 Å². The van der Waals surface area contributed by atoms with Crippen molar-refractivity contribution in [2.24, 2.45) is 0 Å². The van der Waals surface area contributed by atoms with Crippen molar-refractivity contribution in [3.8, 4) is 11.5 Å². The zero-order valence-electron chi connectivity index (χ0n) is 12.3. The third-order valence-corrected chi connectivity index (χ3v) is 3.21. The van der Waals surface area contributed by atoms with E-state index in [0.29, 0.717) is 28.4 Å². The normalized spacial score (nSPS) is 10.1. The number of aromatic nitrogens is 1. The SMILES string of the molecule is Nc1ccncc1C(=O)Nc1ccccc1Oc1ccccc1.